The highest BCUT2D eigenvalue weighted by Crippen LogP contribution is 2.12. The summed E-state index contributed by atoms with van der Waals surface area (Å²) >= 11 is 0. The molecule has 0 aliphatic carbocycles. The Hall–Kier alpha value is -1.43. The van der Waals surface area contributed by atoms with Crippen molar-refractivity contribution in [3.63, 3.8) is 0 Å². The maximum absolute atomic E-state index is 5.73. The number of imidazole rings is 1. The smallest absolute Gasteiger partial charge is 0.137 e. The second-order valence-corrected chi connectivity index (χ2v) is 5.49. The van der Waals surface area contributed by atoms with Gasteiger partial charge in [-0.1, -0.05) is 6.07 Å². The summed E-state index contributed by atoms with van der Waals surface area (Å²) in [5.74, 6) is 0. The number of likely N-dealkylation sites (N-methyl/N-ethyl adjacent to an activating group) is 1. The van der Waals surface area contributed by atoms with Gasteiger partial charge in [0.25, 0.3) is 0 Å². The molecule has 0 saturated carbocycles. The lowest BCUT2D eigenvalue weighted by Gasteiger charge is -2.32. The Balaban J connectivity index is 1.69. The number of nitrogens with one attached hydrogen (secondary N) is 1. The number of hydrogen-bond acceptors (Lipinski definition) is 4. The molecule has 1 unspecified atom stereocenters. The van der Waals surface area contributed by atoms with Gasteiger partial charge < -0.3 is 14.5 Å². The van der Waals surface area contributed by atoms with Gasteiger partial charge >= 0.3 is 0 Å². The van der Waals surface area contributed by atoms with E-state index in [2.05, 4.69) is 51.1 Å². The van der Waals surface area contributed by atoms with E-state index in [1.165, 1.54) is 5.56 Å². The topological polar surface area (TPSA) is 41.8 Å². The first-order valence-corrected chi connectivity index (χ1v) is 7.17. The molecule has 2 aromatic heterocycles. The average Bonchev–Trinajstić information content (AvgIpc) is 2.81. The fourth-order valence-electron chi connectivity index (χ4n) is 2.74. The van der Waals surface area contributed by atoms with Gasteiger partial charge in [-0.15, -0.1) is 0 Å². The highest BCUT2D eigenvalue weighted by molar-refractivity contribution is 5.41. The molecule has 0 spiro atoms. The van der Waals surface area contributed by atoms with E-state index in [9.17, 15) is 0 Å². The van der Waals surface area contributed by atoms with E-state index in [-0.39, 0.29) is 6.10 Å². The molecule has 2 aromatic rings. The van der Waals surface area contributed by atoms with Crippen molar-refractivity contribution in [1.29, 1.82) is 0 Å². The predicted molar refractivity (Wildman–Crippen MR) is 78.9 cm³/mol. The zero-order chi connectivity index (χ0) is 13.9. The van der Waals surface area contributed by atoms with Gasteiger partial charge in [0.05, 0.1) is 18.4 Å². The van der Waals surface area contributed by atoms with Crippen molar-refractivity contribution in [2.45, 2.75) is 19.6 Å². The quantitative estimate of drug-likeness (QED) is 0.905. The molecule has 1 aliphatic rings. The lowest BCUT2D eigenvalue weighted by Crippen LogP contribution is -2.45. The third-order valence-electron chi connectivity index (χ3n) is 3.69. The molecule has 3 heterocycles. The molecule has 5 heteroatoms. The fourth-order valence-corrected chi connectivity index (χ4v) is 2.74. The largest absolute Gasteiger partial charge is 0.374 e. The lowest BCUT2D eigenvalue weighted by atomic mass is 10.2. The Morgan fingerprint density at radius 2 is 2.30 bits per heavy atom. The SMILES string of the molecule is CNCC1CN(Cc2cn3cc(C)ccc3n2)CCO1. The molecule has 0 radical (unpaired) electrons. The van der Waals surface area contributed by atoms with Crippen molar-refractivity contribution in [2.24, 2.45) is 0 Å². The van der Waals surface area contributed by atoms with E-state index in [1.807, 2.05) is 7.05 Å². The number of morpholine rings is 1. The van der Waals surface area contributed by atoms with Crippen LogP contribution in [0.2, 0.25) is 0 Å². The van der Waals surface area contributed by atoms with Crippen LogP contribution in [0, 0.1) is 6.92 Å². The molecule has 1 N–H and O–H groups in total. The minimum atomic E-state index is 0.285. The number of pyridine rings is 1. The van der Waals surface area contributed by atoms with E-state index >= 15 is 0 Å². The third-order valence-corrected chi connectivity index (χ3v) is 3.69. The second-order valence-electron chi connectivity index (χ2n) is 5.49. The summed E-state index contributed by atoms with van der Waals surface area (Å²) in [5.41, 5.74) is 3.40. The number of fused-ring (bicyclic) bond motifs is 1. The zero-order valence-corrected chi connectivity index (χ0v) is 12.2. The molecular weight excluding hydrogens is 252 g/mol. The molecule has 5 nitrogen and oxygen atoms in total. The molecule has 0 amide bonds. The van der Waals surface area contributed by atoms with Crippen LogP contribution in [-0.2, 0) is 11.3 Å². The van der Waals surface area contributed by atoms with Crippen LogP contribution in [0.1, 0.15) is 11.3 Å². The molecule has 108 valence electrons. The van der Waals surface area contributed by atoms with Crippen molar-refractivity contribution in [1.82, 2.24) is 19.6 Å². The van der Waals surface area contributed by atoms with E-state index < -0.39 is 0 Å². The Labute approximate surface area is 119 Å². The van der Waals surface area contributed by atoms with Crippen LogP contribution in [0.5, 0.6) is 0 Å². The van der Waals surface area contributed by atoms with Crippen LogP contribution in [0.25, 0.3) is 5.65 Å². The zero-order valence-electron chi connectivity index (χ0n) is 12.2. The summed E-state index contributed by atoms with van der Waals surface area (Å²) in [4.78, 5) is 7.10. The molecular formula is C15H22N4O. The minimum absolute atomic E-state index is 0.285. The molecule has 1 aliphatic heterocycles. The Bertz CT molecular complexity index is 578. The maximum atomic E-state index is 5.73. The van der Waals surface area contributed by atoms with E-state index in [0.29, 0.717) is 0 Å². The highest BCUT2D eigenvalue weighted by atomic mass is 16.5. The summed E-state index contributed by atoms with van der Waals surface area (Å²) in [7, 11) is 1.97. The molecule has 1 atom stereocenters. The standard InChI is InChI=1S/C15H22N4O/c1-12-3-4-15-17-13(10-19(15)8-12)9-18-5-6-20-14(11-18)7-16-2/h3-4,8,10,14,16H,5-7,9,11H2,1-2H3. The predicted octanol–water partition coefficient (Wildman–Crippen LogP) is 1.06. The van der Waals surface area contributed by atoms with Gasteiger partial charge in [0.2, 0.25) is 0 Å². The Morgan fingerprint density at radius 1 is 1.40 bits per heavy atom. The highest BCUT2D eigenvalue weighted by Gasteiger charge is 2.20. The van der Waals surface area contributed by atoms with Crippen LogP contribution in [0.4, 0.5) is 0 Å². The maximum Gasteiger partial charge on any atom is 0.137 e. The number of hydrogen-bond donors (Lipinski definition) is 1. The summed E-state index contributed by atoms with van der Waals surface area (Å²) in [6.07, 6.45) is 4.54. The average molecular weight is 274 g/mol. The van der Waals surface area contributed by atoms with E-state index in [0.717, 1.165) is 44.1 Å². The van der Waals surface area contributed by atoms with Crippen LogP contribution < -0.4 is 5.32 Å². The molecule has 1 saturated heterocycles. The van der Waals surface area contributed by atoms with Crippen LogP contribution in [-0.4, -0.2) is 53.7 Å². The van der Waals surface area contributed by atoms with E-state index in [1.54, 1.807) is 0 Å². The number of aromatic nitrogens is 2. The minimum Gasteiger partial charge on any atom is -0.374 e. The first-order valence-electron chi connectivity index (χ1n) is 7.17. The normalized spacial score (nSPS) is 20.6. The van der Waals surface area contributed by atoms with Gasteiger partial charge in [-0.05, 0) is 25.6 Å². The van der Waals surface area contributed by atoms with Crippen LogP contribution in [0.3, 0.4) is 0 Å². The first-order chi connectivity index (χ1) is 9.74. The Morgan fingerprint density at radius 3 is 3.15 bits per heavy atom. The van der Waals surface area contributed by atoms with Crippen LogP contribution >= 0.6 is 0 Å². The first kappa shape index (κ1) is 13.5. The molecule has 3 rings (SSSR count). The summed E-state index contributed by atoms with van der Waals surface area (Å²) < 4.78 is 7.84. The number of rotatable bonds is 4. The van der Waals surface area contributed by atoms with Gasteiger partial charge in [0, 0.05) is 38.6 Å². The number of ether oxygens (including phenoxy) is 1. The van der Waals surface area contributed by atoms with Crippen molar-refractivity contribution in [3.05, 3.63) is 35.8 Å². The summed E-state index contributed by atoms with van der Waals surface area (Å²) in [6.45, 7) is 6.65. The third kappa shape index (κ3) is 3.00. The van der Waals surface area contributed by atoms with Gasteiger partial charge in [-0.25, -0.2) is 4.98 Å². The second kappa shape index (κ2) is 5.91. The van der Waals surface area contributed by atoms with Crippen molar-refractivity contribution in [3.8, 4) is 0 Å². The van der Waals surface area contributed by atoms with Gasteiger partial charge in [0.15, 0.2) is 0 Å². The monoisotopic (exact) mass is 274 g/mol. The number of aryl methyl sites for hydroxylation is 1. The molecule has 0 aromatic carbocycles. The van der Waals surface area contributed by atoms with E-state index in [4.69, 9.17) is 4.74 Å². The van der Waals surface area contributed by atoms with Gasteiger partial charge in [-0.2, -0.15) is 0 Å². The van der Waals surface area contributed by atoms with Crippen molar-refractivity contribution >= 4 is 5.65 Å². The molecule has 1 fully saturated rings. The lowest BCUT2D eigenvalue weighted by molar-refractivity contribution is -0.0294. The summed E-state index contributed by atoms with van der Waals surface area (Å²) in [6, 6.07) is 4.17. The van der Waals surface area contributed by atoms with Gasteiger partial charge in [-0.3, -0.25) is 4.90 Å². The molecule has 20 heavy (non-hydrogen) atoms. The van der Waals surface area contributed by atoms with Crippen molar-refractivity contribution in [2.75, 3.05) is 33.3 Å². The van der Waals surface area contributed by atoms with Crippen molar-refractivity contribution < 1.29 is 4.74 Å². The van der Waals surface area contributed by atoms with Crippen LogP contribution in [0.15, 0.2) is 24.5 Å². The number of nitrogens with zero attached hydrogens (tertiary/aromatic N) is 3. The Kier molecular flexibility index (Phi) is 4.00. The molecule has 0 bridgehead atoms. The van der Waals surface area contributed by atoms with Gasteiger partial charge in [0.1, 0.15) is 5.65 Å². The fraction of sp³-hybridized carbons (Fsp3) is 0.533. The summed E-state index contributed by atoms with van der Waals surface area (Å²) in [5, 5.41) is 3.18.